The molecule has 1 aliphatic heterocycles. The third-order valence-corrected chi connectivity index (χ3v) is 5.82. The molecule has 0 bridgehead atoms. The Labute approximate surface area is 191 Å². The number of hydrogen-bond acceptors (Lipinski definition) is 5. The van der Waals surface area contributed by atoms with Gasteiger partial charge >= 0.3 is 12.4 Å². The predicted octanol–water partition coefficient (Wildman–Crippen LogP) is 4.40. The largest absolute Gasteiger partial charge is 0.492 e. The molecule has 184 valence electrons. The number of ether oxygens (including phenoxy) is 1. The number of sulfonamides is 1. The molecule has 1 heterocycles. The maximum Gasteiger partial charge on any atom is 0.417 e. The summed E-state index contributed by atoms with van der Waals surface area (Å²) in [5.41, 5.74) is -1.86. The molecule has 0 amide bonds. The van der Waals surface area contributed by atoms with Crippen LogP contribution in [0.2, 0.25) is 0 Å². The SMILES string of the molecule is CS(=O)(=O)Nc1ccc(OCC2CC(c3ccc(C#N)c(C(F)(F)F)c3)C(C(F)(F)F)N2)cc1. The second kappa shape index (κ2) is 9.34. The molecular weight excluding hydrogens is 488 g/mol. The number of nitrogens with one attached hydrogen (secondary N) is 2. The molecule has 0 saturated carbocycles. The zero-order valence-corrected chi connectivity index (χ0v) is 18.4. The van der Waals surface area contributed by atoms with E-state index in [1.165, 1.54) is 30.3 Å². The molecule has 13 heteroatoms. The molecule has 3 atom stereocenters. The second-order valence-electron chi connectivity index (χ2n) is 7.85. The van der Waals surface area contributed by atoms with Crippen LogP contribution >= 0.6 is 0 Å². The Kier molecular flexibility index (Phi) is 7.05. The molecule has 1 aliphatic rings. The van der Waals surface area contributed by atoms with Gasteiger partial charge in [0.05, 0.1) is 23.5 Å². The Hall–Kier alpha value is -2.98. The summed E-state index contributed by atoms with van der Waals surface area (Å²) >= 11 is 0. The van der Waals surface area contributed by atoms with E-state index in [9.17, 15) is 34.8 Å². The fraction of sp³-hybridized carbons (Fsp3) is 0.381. The van der Waals surface area contributed by atoms with Gasteiger partial charge in [-0.1, -0.05) is 6.07 Å². The summed E-state index contributed by atoms with van der Waals surface area (Å²) in [6.07, 6.45) is -8.80. The number of nitrogens with zero attached hydrogens (tertiary/aromatic N) is 1. The van der Waals surface area contributed by atoms with Crippen LogP contribution < -0.4 is 14.8 Å². The Morgan fingerprint density at radius 3 is 2.29 bits per heavy atom. The molecule has 1 fully saturated rings. The topological polar surface area (TPSA) is 91.2 Å². The maximum absolute atomic E-state index is 13.7. The van der Waals surface area contributed by atoms with Gasteiger partial charge in [0.1, 0.15) is 18.4 Å². The number of nitriles is 1. The molecule has 34 heavy (non-hydrogen) atoms. The van der Waals surface area contributed by atoms with Crippen LogP contribution in [0.15, 0.2) is 42.5 Å². The lowest BCUT2D eigenvalue weighted by molar-refractivity contribution is -0.156. The van der Waals surface area contributed by atoms with E-state index in [4.69, 9.17) is 10.00 Å². The third-order valence-electron chi connectivity index (χ3n) is 5.22. The van der Waals surface area contributed by atoms with Gasteiger partial charge in [-0.3, -0.25) is 10.0 Å². The van der Waals surface area contributed by atoms with Crippen molar-refractivity contribution < 1.29 is 39.5 Å². The van der Waals surface area contributed by atoms with Crippen molar-refractivity contribution in [1.82, 2.24) is 5.32 Å². The number of rotatable bonds is 6. The first kappa shape index (κ1) is 25.6. The maximum atomic E-state index is 13.7. The Balaban J connectivity index is 1.76. The van der Waals surface area contributed by atoms with E-state index in [1.807, 2.05) is 0 Å². The molecule has 0 aliphatic carbocycles. The first-order valence-electron chi connectivity index (χ1n) is 9.82. The first-order valence-corrected chi connectivity index (χ1v) is 11.7. The molecule has 0 aromatic heterocycles. The highest BCUT2D eigenvalue weighted by atomic mass is 32.2. The van der Waals surface area contributed by atoms with Gasteiger partial charge in [0.15, 0.2) is 0 Å². The Bertz CT molecular complexity index is 1170. The van der Waals surface area contributed by atoms with Gasteiger partial charge < -0.3 is 4.74 Å². The number of alkyl halides is 6. The van der Waals surface area contributed by atoms with Crippen LogP contribution in [-0.2, 0) is 16.2 Å². The van der Waals surface area contributed by atoms with Gasteiger partial charge in [0, 0.05) is 17.6 Å². The molecule has 1 saturated heterocycles. The van der Waals surface area contributed by atoms with E-state index in [1.54, 1.807) is 0 Å². The number of halogens is 6. The monoisotopic (exact) mass is 507 g/mol. The summed E-state index contributed by atoms with van der Waals surface area (Å²) in [5.74, 6) is -1.05. The van der Waals surface area contributed by atoms with Gasteiger partial charge in [-0.25, -0.2) is 8.42 Å². The lowest BCUT2D eigenvalue weighted by Crippen LogP contribution is -2.44. The van der Waals surface area contributed by atoms with E-state index in [0.29, 0.717) is 6.07 Å². The molecule has 3 unspecified atom stereocenters. The van der Waals surface area contributed by atoms with Crippen LogP contribution in [0.3, 0.4) is 0 Å². The summed E-state index contributed by atoms with van der Waals surface area (Å²) in [4.78, 5) is 0. The summed E-state index contributed by atoms with van der Waals surface area (Å²) in [5, 5.41) is 11.3. The molecule has 2 N–H and O–H groups in total. The van der Waals surface area contributed by atoms with Gasteiger partial charge in [-0.15, -0.1) is 0 Å². The van der Waals surface area contributed by atoms with Crippen molar-refractivity contribution >= 4 is 15.7 Å². The first-order chi connectivity index (χ1) is 15.7. The summed E-state index contributed by atoms with van der Waals surface area (Å²) < 4.78 is 111. The average molecular weight is 507 g/mol. The normalized spacial score (nSPS) is 21.2. The van der Waals surface area contributed by atoms with Crippen LogP contribution in [0.1, 0.15) is 29.0 Å². The van der Waals surface area contributed by atoms with E-state index in [-0.39, 0.29) is 30.0 Å². The fourth-order valence-corrected chi connectivity index (χ4v) is 4.37. The minimum atomic E-state index is -4.89. The lowest BCUT2D eigenvalue weighted by Gasteiger charge is -2.23. The van der Waals surface area contributed by atoms with Crippen molar-refractivity contribution in [3.63, 3.8) is 0 Å². The van der Waals surface area contributed by atoms with Crippen LogP contribution in [0, 0.1) is 11.3 Å². The van der Waals surface area contributed by atoms with Crippen LogP contribution in [0.4, 0.5) is 32.0 Å². The van der Waals surface area contributed by atoms with Gasteiger partial charge in [-0.2, -0.15) is 31.6 Å². The van der Waals surface area contributed by atoms with E-state index < -0.39 is 51.5 Å². The number of benzene rings is 2. The molecule has 2 aromatic carbocycles. The van der Waals surface area contributed by atoms with Crippen molar-refractivity contribution in [2.45, 2.75) is 36.8 Å². The highest BCUT2D eigenvalue weighted by Crippen LogP contribution is 2.42. The van der Waals surface area contributed by atoms with Crippen LogP contribution in [-0.4, -0.2) is 39.5 Å². The minimum Gasteiger partial charge on any atom is -0.492 e. The van der Waals surface area contributed by atoms with E-state index in [0.717, 1.165) is 18.4 Å². The quantitative estimate of drug-likeness (QED) is 0.566. The third kappa shape index (κ3) is 6.32. The molecular formula is C21H19F6N3O3S. The molecule has 0 radical (unpaired) electrons. The molecule has 6 nitrogen and oxygen atoms in total. The fourth-order valence-electron chi connectivity index (χ4n) is 3.80. The standard InChI is InChI=1S/C21H19F6N3O3S/c1-34(31,32)30-14-4-6-16(7-5-14)33-11-15-9-17(19(29-15)21(25,26)27)12-2-3-13(10-28)18(8-12)20(22,23)24/h2-8,15,17,19,29-30H,9,11H2,1H3. The van der Waals surface area contributed by atoms with Crippen molar-refractivity contribution in [2.24, 2.45) is 0 Å². The summed E-state index contributed by atoms with van der Waals surface area (Å²) in [7, 11) is -3.48. The number of hydrogen-bond donors (Lipinski definition) is 2. The van der Waals surface area contributed by atoms with Crippen molar-refractivity contribution in [1.29, 1.82) is 5.26 Å². The summed E-state index contributed by atoms with van der Waals surface area (Å²) in [6, 6.07) is 6.75. The molecule has 0 spiro atoms. The molecule has 3 rings (SSSR count). The molecule has 2 aromatic rings. The predicted molar refractivity (Wildman–Crippen MR) is 111 cm³/mol. The Morgan fingerprint density at radius 2 is 1.76 bits per heavy atom. The van der Waals surface area contributed by atoms with E-state index >= 15 is 0 Å². The zero-order valence-electron chi connectivity index (χ0n) is 17.5. The van der Waals surface area contributed by atoms with Crippen LogP contribution in [0.5, 0.6) is 5.75 Å². The number of anilines is 1. The second-order valence-corrected chi connectivity index (χ2v) is 9.60. The van der Waals surface area contributed by atoms with Crippen LogP contribution in [0.25, 0.3) is 0 Å². The smallest absolute Gasteiger partial charge is 0.417 e. The average Bonchev–Trinajstić information content (AvgIpc) is 3.16. The lowest BCUT2D eigenvalue weighted by atomic mass is 9.88. The van der Waals surface area contributed by atoms with Gasteiger partial charge in [-0.05, 0) is 48.4 Å². The zero-order chi connectivity index (χ0) is 25.3. The minimum absolute atomic E-state index is 0.152. The van der Waals surface area contributed by atoms with Gasteiger partial charge in [0.25, 0.3) is 0 Å². The van der Waals surface area contributed by atoms with Crippen molar-refractivity contribution in [3.05, 3.63) is 59.2 Å². The highest BCUT2D eigenvalue weighted by Gasteiger charge is 2.51. The highest BCUT2D eigenvalue weighted by molar-refractivity contribution is 7.92. The van der Waals surface area contributed by atoms with Gasteiger partial charge in [0.2, 0.25) is 10.0 Å². The van der Waals surface area contributed by atoms with Crippen molar-refractivity contribution in [2.75, 3.05) is 17.6 Å². The van der Waals surface area contributed by atoms with Crippen molar-refractivity contribution in [3.8, 4) is 11.8 Å². The summed E-state index contributed by atoms with van der Waals surface area (Å²) in [6.45, 7) is -0.204. The Morgan fingerprint density at radius 1 is 1.12 bits per heavy atom. The van der Waals surface area contributed by atoms with E-state index in [2.05, 4.69) is 10.0 Å².